The monoisotopic (exact) mass is 570 g/mol. The molecule has 0 aromatic carbocycles. The van der Waals surface area contributed by atoms with E-state index in [4.69, 9.17) is 98.0 Å². The molecule has 0 atom stereocenters. The molecule has 1 fully saturated rings. The van der Waals surface area contributed by atoms with Crippen LogP contribution in [-0.2, 0) is 28.4 Å². The molecule has 1 saturated carbocycles. The number of hydrogen-bond donors (Lipinski definition) is 0. The van der Waals surface area contributed by atoms with Gasteiger partial charge in [0, 0.05) is 0 Å². The van der Waals surface area contributed by atoms with Crippen LogP contribution >= 0.6 is 69.6 Å². The number of ether oxygens (including phenoxy) is 6. The molecule has 190 valence electrons. The maximum atomic E-state index is 5.46. The van der Waals surface area contributed by atoms with E-state index in [1.165, 1.54) is 25.7 Å². The summed E-state index contributed by atoms with van der Waals surface area (Å²) in [7, 11) is 0. The number of rotatable bonds is 17. The van der Waals surface area contributed by atoms with Crippen LogP contribution in [0.1, 0.15) is 32.1 Å². The zero-order valence-electron chi connectivity index (χ0n) is 17.9. The first-order valence-corrected chi connectivity index (χ1v) is 13.2. The van der Waals surface area contributed by atoms with Crippen molar-refractivity contribution in [3.63, 3.8) is 0 Å². The average Bonchev–Trinajstić information content (AvgIpc) is 2.81. The second-order valence-electron chi connectivity index (χ2n) is 6.27. The van der Waals surface area contributed by atoms with E-state index in [1.807, 2.05) is 0 Å². The summed E-state index contributed by atoms with van der Waals surface area (Å²) < 4.78 is 29.5. The van der Waals surface area contributed by atoms with E-state index in [1.54, 1.807) is 0 Å². The minimum absolute atomic E-state index is 0.214. The summed E-state index contributed by atoms with van der Waals surface area (Å²) in [6.07, 6.45) is 5.76. The Morgan fingerprint density at radius 1 is 0.419 bits per heavy atom. The molecule has 0 aromatic rings. The Morgan fingerprint density at radius 3 is 1.00 bits per heavy atom. The lowest BCUT2D eigenvalue weighted by Gasteiger charge is -2.27. The standard InChI is InChI=1S/C10H18Cl2O2.C5H10Cl2O2.C4H8Cl2O2/c11-7-13-5-9-1-2-10(4-3-9)6-14-8-12;6-4-8-2-1-3-9-5-7;5-3-7-1-2-8-4-6/h9-10H,1-8H2;1-5H2;1-4H2. The second kappa shape index (κ2) is 31.5. The van der Waals surface area contributed by atoms with Gasteiger partial charge in [0.1, 0.15) is 36.4 Å². The Kier molecular flexibility index (Phi) is 35.2. The van der Waals surface area contributed by atoms with E-state index in [-0.39, 0.29) is 24.3 Å². The second-order valence-corrected chi connectivity index (χ2v) is 7.58. The topological polar surface area (TPSA) is 55.4 Å². The van der Waals surface area contributed by atoms with Gasteiger partial charge in [-0.2, -0.15) is 0 Å². The van der Waals surface area contributed by atoms with Crippen LogP contribution < -0.4 is 0 Å². The van der Waals surface area contributed by atoms with Crippen LogP contribution in [-0.4, -0.2) is 76.0 Å². The summed E-state index contributed by atoms with van der Waals surface area (Å²) in [4.78, 5) is 0. The summed E-state index contributed by atoms with van der Waals surface area (Å²) >= 11 is 31.7. The summed E-state index contributed by atoms with van der Waals surface area (Å²) in [5.74, 6) is 1.39. The Morgan fingerprint density at radius 2 is 0.710 bits per heavy atom. The van der Waals surface area contributed by atoms with Crippen molar-refractivity contribution in [3.8, 4) is 0 Å². The molecular weight excluding hydrogens is 537 g/mol. The van der Waals surface area contributed by atoms with E-state index < -0.39 is 0 Å². The maximum Gasteiger partial charge on any atom is 0.120 e. The number of halogens is 6. The summed E-state index contributed by atoms with van der Waals surface area (Å²) in [5.41, 5.74) is 0. The molecule has 0 spiro atoms. The van der Waals surface area contributed by atoms with Gasteiger partial charge in [0.15, 0.2) is 0 Å². The van der Waals surface area contributed by atoms with Gasteiger partial charge >= 0.3 is 0 Å². The molecule has 0 heterocycles. The first-order valence-electron chi connectivity index (χ1n) is 10.0. The van der Waals surface area contributed by atoms with Crippen molar-refractivity contribution < 1.29 is 28.4 Å². The molecule has 1 rings (SSSR count). The molecule has 0 amide bonds. The lowest BCUT2D eigenvalue weighted by atomic mass is 9.83. The van der Waals surface area contributed by atoms with Crippen molar-refractivity contribution in [1.82, 2.24) is 0 Å². The molecule has 12 heteroatoms. The molecular formula is C19H36Cl6O6. The molecule has 0 aliphatic heterocycles. The van der Waals surface area contributed by atoms with Gasteiger partial charge in [-0.25, -0.2) is 0 Å². The van der Waals surface area contributed by atoms with Crippen molar-refractivity contribution >= 4 is 69.6 Å². The van der Waals surface area contributed by atoms with Crippen LogP contribution in [0.5, 0.6) is 0 Å². The third kappa shape index (κ3) is 29.5. The summed E-state index contributed by atoms with van der Waals surface area (Å²) in [5, 5.41) is 0. The Balaban J connectivity index is 0. The van der Waals surface area contributed by atoms with E-state index in [0.29, 0.717) is 50.4 Å². The Bertz CT molecular complexity index is 288. The minimum atomic E-state index is 0.214. The van der Waals surface area contributed by atoms with Crippen LogP contribution in [0.4, 0.5) is 0 Å². The number of hydrogen-bond acceptors (Lipinski definition) is 6. The quantitative estimate of drug-likeness (QED) is 0.148. The lowest BCUT2D eigenvalue weighted by Crippen LogP contribution is -2.21. The van der Waals surface area contributed by atoms with Gasteiger partial charge in [0.2, 0.25) is 0 Å². The fraction of sp³-hybridized carbons (Fsp3) is 1.00. The zero-order valence-corrected chi connectivity index (χ0v) is 22.4. The Hall–Kier alpha value is 1.50. The predicted octanol–water partition coefficient (Wildman–Crippen LogP) is 6.43. The molecule has 0 radical (unpaired) electrons. The highest BCUT2D eigenvalue weighted by atomic mass is 35.5. The van der Waals surface area contributed by atoms with Gasteiger partial charge in [0.05, 0.1) is 39.6 Å². The zero-order chi connectivity index (χ0) is 23.4. The van der Waals surface area contributed by atoms with Crippen molar-refractivity contribution in [2.75, 3.05) is 76.0 Å². The molecule has 6 nitrogen and oxygen atoms in total. The summed E-state index contributed by atoms with van der Waals surface area (Å²) in [6.45, 7) is 3.92. The third-order valence-electron chi connectivity index (χ3n) is 4.09. The van der Waals surface area contributed by atoms with E-state index in [2.05, 4.69) is 0 Å². The molecule has 0 aromatic heterocycles. The van der Waals surface area contributed by atoms with Gasteiger partial charge < -0.3 is 28.4 Å². The molecule has 0 unspecified atom stereocenters. The van der Waals surface area contributed by atoms with E-state index >= 15 is 0 Å². The van der Waals surface area contributed by atoms with Crippen LogP contribution in [0, 0.1) is 11.8 Å². The van der Waals surface area contributed by atoms with E-state index in [9.17, 15) is 0 Å². The van der Waals surface area contributed by atoms with Gasteiger partial charge in [-0.1, -0.05) is 69.6 Å². The SMILES string of the molecule is ClCOCC1CCC(COCCl)CC1.ClCOCCCOCCl.ClCOCCOCCl. The third-order valence-corrected chi connectivity index (χ3v) is 5.01. The van der Waals surface area contributed by atoms with Gasteiger partial charge in [-0.3, -0.25) is 0 Å². The highest BCUT2D eigenvalue weighted by Crippen LogP contribution is 2.29. The van der Waals surface area contributed by atoms with Crippen molar-refractivity contribution in [2.45, 2.75) is 32.1 Å². The molecule has 31 heavy (non-hydrogen) atoms. The largest absolute Gasteiger partial charge is 0.366 e. The van der Waals surface area contributed by atoms with E-state index in [0.717, 1.165) is 19.6 Å². The van der Waals surface area contributed by atoms with Crippen LogP contribution in [0.25, 0.3) is 0 Å². The highest BCUT2D eigenvalue weighted by Gasteiger charge is 2.21. The number of alkyl halides is 6. The first-order chi connectivity index (χ1) is 15.2. The van der Waals surface area contributed by atoms with Crippen LogP contribution in [0.3, 0.4) is 0 Å². The first kappa shape index (κ1) is 34.7. The molecule has 1 aliphatic rings. The van der Waals surface area contributed by atoms with Gasteiger partial charge in [-0.15, -0.1) is 0 Å². The maximum absolute atomic E-state index is 5.46. The molecule has 0 N–H and O–H groups in total. The lowest BCUT2D eigenvalue weighted by molar-refractivity contribution is 0.0753. The van der Waals surface area contributed by atoms with Crippen molar-refractivity contribution in [3.05, 3.63) is 0 Å². The fourth-order valence-electron chi connectivity index (χ4n) is 2.59. The molecule has 0 saturated heterocycles. The fourth-order valence-corrected chi connectivity index (χ4v) is 3.20. The smallest absolute Gasteiger partial charge is 0.120 e. The van der Waals surface area contributed by atoms with Crippen LogP contribution in [0.2, 0.25) is 0 Å². The minimum Gasteiger partial charge on any atom is -0.366 e. The molecule has 0 bridgehead atoms. The normalized spacial score (nSPS) is 18.0. The van der Waals surface area contributed by atoms with Crippen molar-refractivity contribution in [2.24, 2.45) is 11.8 Å². The predicted molar refractivity (Wildman–Crippen MR) is 130 cm³/mol. The Labute approximate surface area is 217 Å². The average molecular weight is 573 g/mol. The van der Waals surface area contributed by atoms with Crippen LogP contribution in [0.15, 0.2) is 0 Å². The van der Waals surface area contributed by atoms with Gasteiger partial charge in [0.25, 0.3) is 0 Å². The van der Waals surface area contributed by atoms with Gasteiger partial charge in [-0.05, 0) is 43.9 Å². The summed E-state index contributed by atoms with van der Waals surface area (Å²) in [6, 6.07) is 1.56. The molecule has 1 aliphatic carbocycles. The van der Waals surface area contributed by atoms with Crippen molar-refractivity contribution in [1.29, 1.82) is 0 Å². The highest BCUT2D eigenvalue weighted by molar-refractivity contribution is 6.17.